The monoisotopic (exact) mass is 513 g/mol. The second-order valence-corrected chi connectivity index (χ2v) is 11.2. The van der Waals surface area contributed by atoms with Crippen LogP contribution in [0, 0.1) is 0 Å². The van der Waals surface area contributed by atoms with Crippen molar-refractivity contribution in [3.8, 4) is 5.69 Å². The van der Waals surface area contributed by atoms with Crippen molar-refractivity contribution >= 4 is 29.3 Å². The lowest BCUT2D eigenvalue weighted by Gasteiger charge is -2.28. The van der Waals surface area contributed by atoms with Gasteiger partial charge in [-0.3, -0.25) is 14.5 Å². The molecule has 2 aliphatic rings. The Balaban J connectivity index is 1.44. The van der Waals surface area contributed by atoms with Crippen LogP contribution < -0.4 is 0 Å². The largest absolute Gasteiger partial charge is 0.444 e. The molecule has 7 nitrogen and oxygen atoms in total. The number of pyridine rings is 1. The Morgan fingerprint density at radius 1 is 1.03 bits per heavy atom. The highest BCUT2D eigenvalue weighted by Gasteiger charge is 2.33. The van der Waals surface area contributed by atoms with Crippen LogP contribution in [0.2, 0.25) is 10.0 Å². The summed E-state index contributed by atoms with van der Waals surface area (Å²) in [5, 5.41) is 10.5. The molecule has 1 fully saturated rings. The SMILES string of the molecule is CC(C)(C)OC(=O)N1Cc2cc(Cl)ccc2-n2c(nnc2[C@H]2CC[C@H](c3ncccc3Cl)CC2)C1. The average molecular weight is 514 g/mol. The molecule has 3 heterocycles. The van der Waals surface area contributed by atoms with Gasteiger partial charge >= 0.3 is 6.09 Å². The highest BCUT2D eigenvalue weighted by atomic mass is 35.5. The van der Waals surface area contributed by atoms with Gasteiger partial charge in [0.05, 0.1) is 29.5 Å². The molecule has 0 saturated heterocycles. The van der Waals surface area contributed by atoms with Gasteiger partial charge in [0.15, 0.2) is 5.82 Å². The van der Waals surface area contributed by atoms with Crippen LogP contribution in [-0.4, -0.2) is 36.3 Å². The smallest absolute Gasteiger partial charge is 0.411 e. The van der Waals surface area contributed by atoms with Crippen molar-refractivity contribution in [1.29, 1.82) is 0 Å². The predicted octanol–water partition coefficient (Wildman–Crippen LogP) is 6.66. The number of hydrogen-bond donors (Lipinski definition) is 0. The zero-order valence-electron chi connectivity index (χ0n) is 20.2. The summed E-state index contributed by atoms with van der Waals surface area (Å²) >= 11 is 12.8. The van der Waals surface area contributed by atoms with Gasteiger partial charge in [-0.15, -0.1) is 10.2 Å². The summed E-state index contributed by atoms with van der Waals surface area (Å²) in [4.78, 5) is 19.2. The topological polar surface area (TPSA) is 73.1 Å². The first-order valence-electron chi connectivity index (χ1n) is 12.0. The van der Waals surface area contributed by atoms with Gasteiger partial charge < -0.3 is 4.74 Å². The maximum absolute atomic E-state index is 13.0. The summed E-state index contributed by atoms with van der Waals surface area (Å²) in [6.07, 6.45) is 5.34. The Morgan fingerprint density at radius 3 is 2.49 bits per heavy atom. The van der Waals surface area contributed by atoms with Gasteiger partial charge in [-0.1, -0.05) is 23.2 Å². The van der Waals surface area contributed by atoms with Gasteiger partial charge in [0, 0.05) is 23.1 Å². The second-order valence-electron chi connectivity index (χ2n) is 10.3. The van der Waals surface area contributed by atoms with E-state index in [1.165, 1.54) is 0 Å². The van der Waals surface area contributed by atoms with Gasteiger partial charge in [-0.2, -0.15) is 0 Å². The van der Waals surface area contributed by atoms with E-state index >= 15 is 0 Å². The van der Waals surface area contributed by atoms with E-state index in [1.54, 1.807) is 4.90 Å². The Morgan fingerprint density at radius 2 is 1.77 bits per heavy atom. The van der Waals surface area contributed by atoms with Crippen LogP contribution in [0.4, 0.5) is 4.79 Å². The lowest BCUT2D eigenvalue weighted by molar-refractivity contribution is 0.0214. The van der Waals surface area contributed by atoms with Crippen molar-refractivity contribution in [2.24, 2.45) is 0 Å². The van der Waals surface area contributed by atoms with Gasteiger partial charge in [0.25, 0.3) is 0 Å². The number of amides is 1. The van der Waals surface area contributed by atoms with Crippen molar-refractivity contribution in [3.63, 3.8) is 0 Å². The molecule has 2 aromatic heterocycles. The standard InChI is InChI=1S/C26H29Cl2N5O2/c1-26(2,3)35-25(34)32-14-18-13-19(27)10-11-21(18)33-22(15-32)30-31-24(33)17-8-6-16(7-9-17)23-20(28)5-4-12-29-23/h4-5,10-13,16-17H,6-9,14-15H2,1-3H3/t16-,17-. The molecule has 1 amide bonds. The molecule has 1 saturated carbocycles. The third-order valence-electron chi connectivity index (χ3n) is 6.65. The summed E-state index contributed by atoms with van der Waals surface area (Å²) in [7, 11) is 0. The number of rotatable bonds is 2. The quantitative estimate of drug-likeness (QED) is 0.382. The minimum Gasteiger partial charge on any atom is -0.444 e. The van der Waals surface area contributed by atoms with Crippen molar-refractivity contribution in [2.75, 3.05) is 0 Å². The van der Waals surface area contributed by atoms with E-state index < -0.39 is 5.60 Å². The Kier molecular flexibility index (Phi) is 6.49. The molecule has 5 rings (SSSR count). The summed E-state index contributed by atoms with van der Waals surface area (Å²) in [5.74, 6) is 2.26. The van der Waals surface area contributed by atoms with Gasteiger partial charge in [0.2, 0.25) is 0 Å². The second kappa shape index (κ2) is 9.43. The first kappa shape index (κ1) is 24.1. The van der Waals surface area contributed by atoms with Crippen LogP contribution >= 0.6 is 23.2 Å². The molecule has 0 radical (unpaired) electrons. The zero-order valence-corrected chi connectivity index (χ0v) is 21.7. The molecule has 1 aromatic carbocycles. The molecule has 1 aliphatic heterocycles. The molecule has 35 heavy (non-hydrogen) atoms. The molecule has 9 heteroatoms. The molecule has 184 valence electrons. The summed E-state index contributed by atoms with van der Waals surface area (Å²) < 4.78 is 7.78. The van der Waals surface area contributed by atoms with E-state index in [1.807, 2.05) is 57.3 Å². The van der Waals surface area contributed by atoms with Crippen molar-refractivity contribution in [2.45, 2.75) is 77.0 Å². The summed E-state index contributed by atoms with van der Waals surface area (Å²) in [6, 6.07) is 9.55. The third kappa shape index (κ3) is 5.02. The van der Waals surface area contributed by atoms with E-state index in [-0.39, 0.29) is 12.0 Å². The van der Waals surface area contributed by atoms with E-state index in [9.17, 15) is 4.79 Å². The number of carbonyl (C=O) groups is 1. The fourth-order valence-corrected chi connectivity index (χ4v) is 5.54. The number of carbonyl (C=O) groups excluding carboxylic acids is 1. The molecule has 3 aromatic rings. The van der Waals surface area contributed by atoms with Crippen molar-refractivity contribution < 1.29 is 9.53 Å². The van der Waals surface area contributed by atoms with Crippen LogP contribution in [0.15, 0.2) is 36.5 Å². The maximum Gasteiger partial charge on any atom is 0.411 e. The number of nitrogens with zero attached hydrogens (tertiary/aromatic N) is 5. The molecule has 1 aliphatic carbocycles. The minimum absolute atomic E-state index is 0.256. The van der Waals surface area contributed by atoms with Crippen molar-refractivity contribution in [3.05, 3.63) is 69.5 Å². The van der Waals surface area contributed by atoms with Crippen LogP contribution in [0.1, 0.15) is 81.2 Å². The van der Waals surface area contributed by atoms with E-state index in [2.05, 4.69) is 19.7 Å². The molecule has 0 unspecified atom stereocenters. The number of halogens is 2. The Bertz CT molecular complexity index is 1240. The van der Waals surface area contributed by atoms with Crippen molar-refractivity contribution in [1.82, 2.24) is 24.6 Å². The number of hydrogen-bond acceptors (Lipinski definition) is 5. The highest BCUT2D eigenvalue weighted by Crippen LogP contribution is 2.42. The minimum atomic E-state index is -0.589. The van der Waals surface area contributed by atoms with E-state index in [4.69, 9.17) is 27.9 Å². The number of ether oxygens (including phenoxy) is 1. The molecular weight excluding hydrogens is 485 g/mol. The first-order valence-corrected chi connectivity index (χ1v) is 12.8. The van der Waals surface area contributed by atoms with E-state index in [0.717, 1.165) is 59.3 Å². The summed E-state index contributed by atoms with van der Waals surface area (Å²) in [5.41, 5.74) is 2.30. The van der Waals surface area contributed by atoms with Crippen LogP contribution in [0.3, 0.4) is 0 Å². The Hall–Kier alpha value is -2.64. The normalized spacial score (nSPS) is 20.1. The maximum atomic E-state index is 13.0. The lowest BCUT2D eigenvalue weighted by Crippen LogP contribution is -2.35. The first-order chi connectivity index (χ1) is 16.7. The lowest BCUT2D eigenvalue weighted by atomic mass is 9.80. The Labute approximate surface area is 215 Å². The number of fused-ring (bicyclic) bond motifs is 3. The van der Waals surface area contributed by atoms with Crippen LogP contribution in [0.25, 0.3) is 5.69 Å². The highest BCUT2D eigenvalue weighted by molar-refractivity contribution is 6.31. The molecule has 0 N–H and O–H groups in total. The summed E-state index contributed by atoms with van der Waals surface area (Å²) in [6.45, 7) is 6.29. The predicted molar refractivity (Wildman–Crippen MR) is 135 cm³/mol. The fraction of sp³-hybridized carbons (Fsp3) is 0.462. The van der Waals surface area contributed by atoms with Gasteiger partial charge in [-0.25, -0.2) is 4.79 Å². The zero-order chi connectivity index (χ0) is 24.7. The number of aromatic nitrogens is 4. The molecular formula is C26H29Cl2N5O2. The van der Waals surface area contributed by atoms with Gasteiger partial charge in [0.1, 0.15) is 11.4 Å². The molecule has 0 atom stereocenters. The van der Waals surface area contributed by atoms with Crippen LogP contribution in [0.5, 0.6) is 0 Å². The average Bonchev–Trinajstić information content (AvgIpc) is 3.14. The molecule has 0 spiro atoms. The van der Waals surface area contributed by atoms with Crippen LogP contribution in [-0.2, 0) is 17.8 Å². The molecule has 0 bridgehead atoms. The third-order valence-corrected chi connectivity index (χ3v) is 7.20. The number of benzene rings is 1. The van der Waals surface area contributed by atoms with Gasteiger partial charge in [-0.05, 0) is 82.3 Å². The van der Waals surface area contributed by atoms with E-state index in [0.29, 0.717) is 24.0 Å². The fourth-order valence-electron chi connectivity index (χ4n) is 5.07.